The van der Waals surface area contributed by atoms with Crippen molar-refractivity contribution in [1.29, 1.82) is 0 Å². The molecule has 7 unspecified atom stereocenters. The van der Waals surface area contributed by atoms with Crippen LogP contribution in [-0.2, 0) is 37.5 Å². The van der Waals surface area contributed by atoms with Crippen LogP contribution in [0.25, 0.3) is 0 Å². The second kappa shape index (κ2) is 20.6. The average Bonchev–Trinajstić information content (AvgIpc) is 3.89. The lowest BCUT2D eigenvalue weighted by molar-refractivity contribution is -0.179. The number of benzene rings is 6. The lowest BCUT2D eigenvalue weighted by atomic mass is 9.64. The number of hydrogen-bond donors (Lipinski definition) is 3. The van der Waals surface area contributed by atoms with Crippen molar-refractivity contribution in [1.82, 2.24) is 15.1 Å². The fraction of sp³-hybridized carbons (Fsp3) is 0.288. The summed E-state index contributed by atoms with van der Waals surface area (Å²) in [6.45, 7) is 1.83. The molecular weight excluding hydrogens is 925 g/mol. The third-order valence-corrected chi connectivity index (χ3v) is 14.6. The number of aliphatic hydroxyl groups excluding tert-OH is 2. The third-order valence-electron chi connectivity index (χ3n) is 14.6. The van der Waals surface area contributed by atoms with Crippen LogP contribution in [-0.4, -0.2) is 90.5 Å². The molecule has 372 valence electrons. The number of imide groups is 1. The van der Waals surface area contributed by atoms with Crippen LogP contribution in [0.1, 0.15) is 82.1 Å². The Bertz CT molecular complexity index is 3090. The highest BCUT2D eigenvalue weighted by atomic mass is 16.6. The molecule has 4 heterocycles. The number of esters is 1. The molecule has 4 aliphatic rings. The molecule has 2 fully saturated rings. The number of carbonyl (C=O) groups excluding carboxylic acids is 4. The van der Waals surface area contributed by atoms with Gasteiger partial charge in [-0.2, -0.15) is 0 Å². The minimum Gasteiger partial charge on any atom is -0.493 e. The zero-order valence-corrected chi connectivity index (χ0v) is 40.8. The van der Waals surface area contributed by atoms with Crippen molar-refractivity contribution in [2.45, 2.75) is 62.0 Å². The number of cyclic esters (lactones) is 1. The summed E-state index contributed by atoms with van der Waals surface area (Å²) in [5.74, 6) is 4.24. The van der Waals surface area contributed by atoms with Crippen molar-refractivity contribution in [3.8, 4) is 29.1 Å². The number of aliphatic hydroxyl groups is 2. The van der Waals surface area contributed by atoms with E-state index in [0.717, 1.165) is 27.2 Å². The molecule has 4 aliphatic heterocycles. The molecule has 1 spiro atoms. The van der Waals surface area contributed by atoms with Gasteiger partial charge in [-0.05, 0) is 94.8 Å². The summed E-state index contributed by atoms with van der Waals surface area (Å²) >= 11 is 0. The van der Waals surface area contributed by atoms with Crippen LogP contribution < -0.4 is 24.4 Å². The van der Waals surface area contributed by atoms with Gasteiger partial charge in [-0.3, -0.25) is 19.3 Å². The van der Waals surface area contributed by atoms with E-state index in [4.69, 9.17) is 18.9 Å². The predicted molar refractivity (Wildman–Crippen MR) is 272 cm³/mol. The van der Waals surface area contributed by atoms with Crippen LogP contribution in [0.3, 0.4) is 0 Å². The number of urea groups is 1. The van der Waals surface area contributed by atoms with Crippen molar-refractivity contribution >= 4 is 29.5 Å². The molecule has 0 saturated carbocycles. The van der Waals surface area contributed by atoms with Crippen molar-refractivity contribution in [2.75, 3.05) is 45.5 Å². The van der Waals surface area contributed by atoms with Crippen LogP contribution in [0.2, 0.25) is 0 Å². The van der Waals surface area contributed by atoms with Gasteiger partial charge in [-0.25, -0.2) is 9.69 Å². The maximum Gasteiger partial charge on any atom is 0.329 e. The number of fused-ring (bicyclic) bond motifs is 4. The molecule has 0 aliphatic carbocycles. The highest BCUT2D eigenvalue weighted by Crippen LogP contribution is 2.66. The standard InChI is InChI=1S/C59H56N4O10/c1-37(39-16-7-4-8-17-39)60-58(69)62-47-27-22-38(15-13-14-30-64)33-46(47)59(57(62)68)50(55(66)61-29-28-43-34-48(70-2)49(71-3)35-44(43)36-61)52-56(67)73-53(41-20-11-6-12-21-41)51(40-18-9-5-10-19-40)63(52)54(59)42-23-25-45(26-24-42)72-32-31-65/h4-12,16-27,33-35,37,50-54,64-65H,14,28-32,36H2,1-3H3,(H,60,69). The molecule has 73 heavy (non-hydrogen) atoms. The van der Waals surface area contributed by atoms with E-state index in [9.17, 15) is 10.2 Å². The van der Waals surface area contributed by atoms with E-state index in [1.165, 1.54) is 0 Å². The highest BCUT2D eigenvalue weighted by molar-refractivity contribution is 6.24. The Balaban J connectivity index is 1.25. The van der Waals surface area contributed by atoms with Gasteiger partial charge in [-0.15, -0.1) is 0 Å². The number of methoxy groups -OCH3 is 2. The molecule has 2 saturated heterocycles. The Hall–Kier alpha value is -7.96. The normalized spacial score (nSPS) is 22.3. The van der Waals surface area contributed by atoms with Crippen molar-refractivity contribution in [3.63, 3.8) is 0 Å². The van der Waals surface area contributed by atoms with E-state index in [1.807, 2.05) is 127 Å². The summed E-state index contributed by atoms with van der Waals surface area (Å²) < 4.78 is 23.9. The monoisotopic (exact) mass is 980 g/mol. The lowest BCUT2D eigenvalue weighted by Gasteiger charge is -2.46. The fourth-order valence-corrected chi connectivity index (χ4v) is 11.4. The van der Waals surface area contributed by atoms with Crippen molar-refractivity contribution in [2.24, 2.45) is 5.92 Å². The number of nitrogens with zero attached hydrogens (tertiary/aromatic N) is 3. The SMILES string of the molecule is COc1cc2c(cc1OC)CN(C(=O)C1C3C(=O)OC(c4ccccc4)C(c4ccccc4)N3C(c3ccc(OCCO)cc3)C13C(=O)N(C(=O)NC(C)c1ccccc1)c1ccc(C#CCCO)cc13)CC2. The van der Waals surface area contributed by atoms with Gasteiger partial charge < -0.3 is 39.4 Å². The summed E-state index contributed by atoms with van der Waals surface area (Å²) in [7, 11) is 3.12. The van der Waals surface area contributed by atoms with Crippen molar-refractivity contribution < 1.29 is 48.3 Å². The molecule has 14 heteroatoms. The van der Waals surface area contributed by atoms with Gasteiger partial charge in [0.1, 0.15) is 29.9 Å². The predicted octanol–water partition coefficient (Wildman–Crippen LogP) is 7.53. The zero-order chi connectivity index (χ0) is 50.8. The second-order valence-electron chi connectivity index (χ2n) is 18.6. The van der Waals surface area contributed by atoms with Gasteiger partial charge in [0.15, 0.2) is 11.5 Å². The molecule has 0 aromatic heterocycles. The first-order valence-electron chi connectivity index (χ1n) is 24.5. The van der Waals surface area contributed by atoms with Gasteiger partial charge in [-0.1, -0.05) is 115 Å². The van der Waals surface area contributed by atoms with Crippen LogP contribution in [0, 0.1) is 17.8 Å². The number of anilines is 1. The Morgan fingerprint density at radius 2 is 1.44 bits per heavy atom. The number of hydrogen-bond acceptors (Lipinski definition) is 11. The van der Waals surface area contributed by atoms with Gasteiger partial charge in [0.2, 0.25) is 11.8 Å². The quantitative estimate of drug-likeness (QED) is 0.0820. The summed E-state index contributed by atoms with van der Waals surface area (Å²) in [5.41, 5.74) is 3.59. The minimum atomic E-state index is -2.03. The highest BCUT2D eigenvalue weighted by Gasteiger charge is 2.76. The molecule has 6 aromatic carbocycles. The molecule has 4 amide bonds. The van der Waals surface area contributed by atoms with Crippen LogP contribution in [0.15, 0.2) is 146 Å². The number of carbonyl (C=O) groups is 4. The Kier molecular flexibility index (Phi) is 13.8. The largest absolute Gasteiger partial charge is 0.493 e. The molecule has 0 bridgehead atoms. The van der Waals surface area contributed by atoms with Crippen LogP contribution in [0.4, 0.5) is 10.5 Å². The van der Waals surface area contributed by atoms with E-state index in [0.29, 0.717) is 45.9 Å². The summed E-state index contributed by atoms with van der Waals surface area (Å²) in [4.78, 5) is 69.2. The second-order valence-corrected chi connectivity index (χ2v) is 18.6. The maximum absolute atomic E-state index is 16.9. The molecule has 6 aromatic rings. The smallest absolute Gasteiger partial charge is 0.329 e. The number of morpholine rings is 1. The minimum absolute atomic E-state index is 0.0349. The zero-order valence-electron chi connectivity index (χ0n) is 40.8. The Morgan fingerprint density at radius 3 is 2.10 bits per heavy atom. The Morgan fingerprint density at radius 1 is 0.781 bits per heavy atom. The van der Waals surface area contributed by atoms with E-state index >= 15 is 19.2 Å². The number of ether oxygens (including phenoxy) is 4. The molecule has 10 rings (SSSR count). The number of amides is 4. The first-order chi connectivity index (χ1) is 35.6. The molecular formula is C59H56N4O10. The van der Waals surface area contributed by atoms with Crippen LogP contribution in [0.5, 0.6) is 17.2 Å². The third kappa shape index (κ3) is 8.63. The molecule has 7 atom stereocenters. The van der Waals surface area contributed by atoms with Gasteiger partial charge in [0.25, 0.3) is 0 Å². The van der Waals surface area contributed by atoms with Gasteiger partial charge in [0.05, 0.1) is 57.2 Å². The van der Waals surface area contributed by atoms with Gasteiger partial charge in [0, 0.05) is 25.1 Å². The number of rotatable bonds is 12. The average molecular weight is 981 g/mol. The summed E-state index contributed by atoms with van der Waals surface area (Å²) in [5, 5.41) is 22.5. The fourth-order valence-electron chi connectivity index (χ4n) is 11.4. The topological polar surface area (TPSA) is 167 Å². The molecule has 14 nitrogen and oxygen atoms in total. The Labute approximate surface area is 424 Å². The maximum atomic E-state index is 16.9. The van der Waals surface area contributed by atoms with Gasteiger partial charge >= 0.3 is 12.0 Å². The van der Waals surface area contributed by atoms with E-state index < -0.39 is 65.4 Å². The van der Waals surface area contributed by atoms with E-state index in [-0.39, 0.29) is 45.0 Å². The molecule has 0 radical (unpaired) electrons. The van der Waals surface area contributed by atoms with Crippen molar-refractivity contribution in [3.05, 3.63) is 190 Å². The summed E-state index contributed by atoms with van der Waals surface area (Å²) in [6.07, 6.45) is -0.312. The van der Waals surface area contributed by atoms with E-state index in [1.54, 1.807) is 49.5 Å². The van der Waals surface area contributed by atoms with E-state index in [2.05, 4.69) is 17.2 Å². The lowest BCUT2D eigenvalue weighted by Crippen LogP contribution is -2.57. The summed E-state index contributed by atoms with van der Waals surface area (Å²) in [6, 6.07) is 39.9. The number of nitrogens with one attached hydrogen (secondary N) is 1. The molecule has 3 N–H and O–H groups in total. The first kappa shape index (κ1) is 48.7. The van der Waals surface area contributed by atoms with Crippen LogP contribution >= 0.6 is 0 Å². The first-order valence-corrected chi connectivity index (χ1v) is 24.5.